The Morgan fingerprint density at radius 2 is 1.92 bits per heavy atom. The van der Waals surface area contributed by atoms with E-state index in [9.17, 15) is 4.79 Å². The topological polar surface area (TPSA) is 83.6 Å². The molecule has 0 saturated carbocycles. The normalized spacial score (nSPS) is 12.4. The molecule has 0 saturated heterocycles. The van der Waals surface area contributed by atoms with Crippen LogP contribution < -0.4 is 5.40 Å². The second-order valence-electron chi connectivity index (χ2n) is 2.53. The van der Waals surface area contributed by atoms with Crippen molar-refractivity contribution in [1.82, 2.24) is 0 Å². The minimum atomic E-state index is -0.938. The van der Waals surface area contributed by atoms with Gasteiger partial charge in [-0.15, -0.1) is 0 Å². The first-order valence-electron chi connectivity index (χ1n) is 3.63. The second-order valence-corrected chi connectivity index (χ2v) is 3.44. The highest BCUT2D eigenvalue weighted by Gasteiger charge is 2.18. The molecule has 0 aliphatic rings. The summed E-state index contributed by atoms with van der Waals surface area (Å²) >= 11 is 0. The van der Waals surface area contributed by atoms with Crippen molar-refractivity contribution in [3.05, 3.63) is 29.8 Å². The van der Waals surface area contributed by atoms with Gasteiger partial charge in [0.2, 0.25) is 0 Å². The summed E-state index contributed by atoms with van der Waals surface area (Å²) in [6.07, 6.45) is 0. The predicted octanol–water partition coefficient (Wildman–Crippen LogP) is 0.0958. The quantitative estimate of drug-likeness (QED) is 0.597. The Hall–Kier alpha value is -1.33. The number of nitrogens with two attached hydrogens (primary N) is 1. The lowest BCUT2D eigenvalue weighted by Crippen LogP contribution is -2.24. The third-order valence-electron chi connectivity index (χ3n) is 1.64. The van der Waals surface area contributed by atoms with Crippen molar-refractivity contribution >= 4 is 15.7 Å². The van der Waals surface area contributed by atoms with E-state index < -0.39 is 11.5 Å². The smallest absolute Gasteiger partial charge is 0.309 e. The molecule has 0 aliphatic carbocycles. The van der Waals surface area contributed by atoms with Gasteiger partial charge in [0, 0.05) is 0 Å². The zero-order valence-electron chi connectivity index (χ0n) is 6.77. The largest absolute Gasteiger partial charge is 0.508 e. The van der Waals surface area contributed by atoms with Crippen LogP contribution in [0.3, 0.4) is 0 Å². The molecular weight excluding hydrogens is 186 g/mol. The van der Waals surface area contributed by atoms with Gasteiger partial charge in [-0.1, -0.05) is 12.1 Å². The van der Waals surface area contributed by atoms with Crippen LogP contribution >= 0.6 is 0 Å². The molecule has 1 atom stereocenters. The van der Waals surface area contributed by atoms with Gasteiger partial charge in [0.25, 0.3) is 0 Å². The molecule has 0 aromatic heterocycles. The van der Waals surface area contributed by atoms with Gasteiger partial charge in [0.05, 0.1) is 5.54 Å². The summed E-state index contributed by atoms with van der Waals surface area (Å²) in [6, 6.07) is 6.03. The van der Waals surface area contributed by atoms with E-state index in [2.05, 4.69) is 0 Å². The summed E-state index contributed by atoms with van der Waals surface area (Å²) in [6.45, 7) is 0. The summed E-state index contributed by atoms with van der Waals surface area (Å²) in [4.78, 5) is 10.7. The van der Waals surface area contributed by atoms with E-state index in [-0.39, 0.29) is 15.4 Å². The van der Waals surface area contributed by atoms with Crippen LogP contribution in [0.25, 0.3) is 0 Å². The summed E-state index contributed by atoms with van der Waals surface area (Å²) in [5.74, 6) is -0.820. The Kier molecular flexibility index (Phi) is 3.05. The summed E-state index contributed by atoms with van der Waals surface area (Å²) in [7, 11) is -0.178. The van der Waals surface area contributed by atoms with Gasteiger partial charge >= 0.3 is 5.97 Å². The molecule has 5 heteroatoms. The molecule has 0 unspecified atom stereocenters. The maximum absolute atomic E-state index is 10.7. The summed E-state index contributed by atoms with van der Waals surface area (Å²) < 4.78 is 0. The van der Waals surface area contributed by atoms with E-state index >= 15 is 0 Å². The molecule has 4 N–H and O–H groups in total. The molecule has 68 valence electrons. The van der Waals surface area contributed by atoms with E-state index in [1.807, 2.05) is 0 Å². The molecule has 0 spiro atoms. The lowest BCUT2D eigenvalue weighted by Gasteiger charge is -2.07. The molecule has 0 heterocycles. The number of aromatic hydroxyl groups is 1. The van der Waals surface area contributed by atoms with Gasteiger partial charge in [-0.2, -0.15) is 0 Å². The van der Waals surface area contributed by atoms with Crippen molar-refractivity contribution < 1.29 is 15.0 Å². The molecule has 0 aliphatic heterocycles. The van der Waals surface area contributed by atoms with E-state index in [1.165, 1.54) is 12.1 Å². The van der Waals surface area contributed by atoms with E-state index in [0.717, 1.165) is 0 Å². The summed E-state index contributed by atoms with van der Waals surface area (Å²) in [5, 5.41) is 23.1. The standard InChI is InChI=1S/C8H9NO3Si/c9-13-7(8(11)12)5-1-3-6(10)4-2-5/h1-4,7,10H,9H2,(H,11,12)/t7-/m0/s1. The molecule has 0 amide bonds. The third-order valence-corrected chi connectivity index (χ3v) is 2.55. The fourth-order valence-corrected chi connectivity index (χ4v) is 1.50. The van der Waals surface area contributed by atoms with Gasteiger partial charge in [0.1, 0.15) is 5.75 Å². The molecule has 0 bridgehead atoms. The number of rotatable bonds is 3. The van der Waals surface area contributed by atoms with E-state index in [0.29, 0.717) is 5.56 Å². The second kappa shape index (κ2) is 4.06. The molecule has 1 aromatic rings. The molecule has 0 fully saturated rings. The number of carboxylic acid groups (broad SMARTS) is 1. The van der Waals surface area contributed by atoms with E-state index in [1.54, 1.807) is 12.1 Å². The molecule has 1 aromatic carbocycles. The third kappa shape index (κ3) is 2.30. The van der Waals surface area contributed by atoms with Gasteiger partial charge in [0.15, 0.2) is 9.68 Å². The minimum absolute atomic E-state index is 0.119. The van der Waals surface area contributed by atoms with Crippen LogP contribution in [0, 0.1) is 0 Å². The van der Waals surface area contributed by atoms with Crippen molar-refractivity contribution in [3.8, 4) is 5.75 Å². The lowest BCUT2D eigenvalue weighted by atomic mass is 10.1. The van der Waals surface area contributed by atoms with Crippen LogP contribution in [-0.4, -0.2) is 25.9 Å². The minimum Gasteiger partial charge on any atom is -0.508 e. The van der Waals surface area contributed by atoms with Crippen LogP contribution in [0.1, 0.15) is 11.1 Å². The predicted molar refractivity (Wildman–Crippen MR) is 48.4 cm³/mol. The molecule has 2 radical (unpaired) electrons. The number of phenolic OH excluding ortho intramolecular Hbond substituents is 1. The average molecular weight is 195 g/mol. The molecule has 4 nitrogen and oxygen atoms in total. The van der Waals surface area contributed by atoms with Gasteiger partial charge < -0.3 is 15.6 Å². The SMILES string of the molecule is N[Si][C@H](C(=O)O)c1ccc(O)cc1. The number of benzene rings is 1. The van der Waals surface area contributed by atoms with Crippen LogP contribution in [-0.2, 0) is 4.79 Å². The first-order chi connectivity index (χ1) is 6.15. The zero-order valence-corrected chi connectivity index (χ0v) is 7.77. The van der Waals surface area contributed by atoms with Crippen LogP contribution in [0.15, 0.2) is 24.3 Å². The van der Waals surface area contributed by atoms with Crippen molar-refractivity contribution in [3.63, 3.8) is 0 Å². The number of carboxylic acids is 1. The Balaban J connectivity index is 2.92. The highest BCUT2D eigenvalue weighted by atomic mass is 28.2. The highest BCUT2D eigenvalue weighted by Crippen LogP contribution is 2.17. The number of aliphatic carboxylic acids is 1. The zero-order chi connectivity index (χ0) is 9.84. The van der Waals surface area contributed by atoms with Crippen molar-refractivity contribution in [2.75, 3.05) is 0 Å². The maximum Gasteiger partial charge on any atom is 0.309 e. The van der Waals surface area contributed by atoms with Crippen LogP contribution in [0.4, 0.5) is 0 Å². The van der Waals surface area contributed by atoms with Crippen LogP contribution in [0.2, 0.25) is 0 Å². The van der Waals surface area contributed by atoms with Crippen molar-refractivity contribution in [1.29, 1.82) is 0 Å². The Morgan fingerprint density at radius 3 is 2.31 bits per heavy atom. The maximum atomic E-state index is 10.7. The number of carbonyl (C=O) groups is 1. The Bertz CT molecular complexity index is 299. The Morgan fingerprint density at radius 1 is 1.38 bits per heavy atom. The highest BCUT2D eigenvalue weighted by molar-refractivity contribution is 6.40. The Labute approximate surface area is 77.9 Å². The molecular formula is C8H9NO3Si. The van der Waals surface area contributed by atoms with Gasteiger partial charge in [-0.05, 0) is 17.7 Å². The number of hydrogen-bond donors (Lipinski definition) is 3. The van der Waals surface area contributed by atoms with Crippen molar-refractivity contribution in [2.24, 2.45) is 5.40 Å². The van der Waals surface area contributed by atoms with Crippen LogP contribution in [0.5, 0.6) is 5.75 Å². The molecule has 1 rings (SSSR count). The monoisotopic (exact) mass is 195 g/mol. The first-order valence-corrected chi connectivity index (χ1v) is 4.78. The number of phenols is 1. The summed E-state index contributed by atoms with van der Waals surface area (Å²) in [5.41, 5.74) is -0.0493. The fourth-order valence-electron chi connectivity index (χ4n) is 0.977. The van der Waals surface area contributed by atoms with Gasteiger partial charge in [-0.3, -0.25) is 4.79 Å². The first kappa shape index (κ1) is 9.75. The fraction of sp³-hybridized carbons (Fsp3) is 0.125. The van der Waals surface area contributed by atoms with E-state index in [4.69, 9.17) is 15.6 Å². The average Bonchev–Trinajstić information content (AvgIpc) is 2.09. The van der Waals surface area contributed by atoms with Gasteiger partial charge in [-0.25, -0.2) is 0 Å². The molecule has 13 heavy (non-hydrogen) atoms. The lowest BCUT2D eigenvalue weighted by molar-refractivity contribution is -0.136. The number of hydrogen-bond acceptors (Lipinski definition) is 3. The van der Waals surface area contributed by atoms with Crippen molar-refractivity contribution in [2.45, 2.75) is 5.54 Å².